The summed E-state index contributed by atoms with van der Waals surface area (Å²) in [6, 6.07) is 4.93. The van der Waals surface area contributed by atoms with Crippen LogP contribution in [0.2, 0.25) is 0 Å². The van der Waals surface area contributed by atoms with Gasteiger partial charge in [0.1, 0.15) is 16.6 Å². The van der Waals surface area contributed by atoms with E-state index in [1.165, 1.54) is 12.1 Å². The van der Waals surface area contributed by atoms with Crippen molar-refractivity contribution in [1.29, 1.82) is 0 Å². The molecule has 3 nitrogen and oxygen atoms in total. The molecule has 3 rings (SSSR count). The van der Waals surface area contributed by atoms with E-state index in [9.17, 15) is 4.39 Å². The van der Waals surface area contributed by atoms with E-state index >= 15 is 0 Å². The Morgan fingerprint density at radius 2 is 2.42 bits per heavy atom. The van der Waals surface area contributed by atoms with Crippen LogP contribution in [-0.2, 0) is 0 Å². The van der Waals surface area contributed by atoms with Crippen molar-refractivity contribution in [2.24, 2.45) is 0 Å². The third-order valence-corrected chi connectivity index (χ3v) is 4.12. The fourth-order valence-corrected chi connectivity index (χ4v) is 3.10. The average Bonchev–Trinajstić information content (AvgIpc) is 2.92. The zero-order valence-corrected chi connectivity index (χ0v) is 11.4. The minimum Gasteiger partial charge on any atom is -0.483 e. The summed E-state index contributed by atoms with van der Waals surface area (Å²) in [6.07, 6.45) is 2.49. The summed E-state index contributed by atoms with van der Waals surface area (Å²) < 4.78 is 19.3. The molecular formula is C14H15FN2OS. The first-order valence-corrected chi connectivity index (χ1v) is 7.24. The van der Waals surface area contributed by atoms with E-state index in [0.29, 0.717) is 5.75 Å². The van der Waals surface area contributed by atoms with Crippen molar-refractivity contribution in [1.82, 2.24) is 10.3 Å². The molecule has 2 aromatic rings. The number of rotatable bonds is 3. The van der Waals surface area contributed by atoms with E-state index < -0.39 is 0 Å². The summed E-state index contributed by atoms with van der Waals surface area (Å²) in [4.78, 5) is 4.30. The Labute approximate surface area is 115 Å². The smallest absolute Gasteiger partial charge is 0.152 e. The molecule has 1 aromatic heterocycles. The van der Waals surface area contributed by atoms with Gasteiger partial charge in [0.25, 0.3) is 0 Å². The molecule has 2 unspecified atom stereocenters. The van der Waals surface area contributed by atoms with Crippen molar-refractivity contribution in [3.63, 3.8) is 0 Å². The molecule has 100 valence electrons. The lowest BCUT2D eigenvalue weighted by atomic mass is 9.96. The first-order valence-electron chi connectivity index (χ1n) is 6.36. The van der Waals surface area contributed by atoms with Gasteiger partial charge in [-0.3, -0.25) is 0 Å². The van der Waals surface area contributed by atoms with Crippen LogP contribution in [0, 0.1) is 5.82 Å². The molecule has 0 saturated carbocycles. The number of aromatic nitrogens is 1. The van der Waals surface area contributed by atoms with Gasteiger partial charge in [-0.25, -0.2) is 9.37 Å². The van der Waals surface area contributed by atoms with Crippen molar-refractivity contribution in [3.8, 4) is 5.75 Å². The molecule has 1 aliphatic heterocycles. The molecule has 0 aliphatic carbocycles. The first-order chi connectivity index (χ1) is 9.28. The number of thiazole rings is 1. The van der Waals surface area contributed by atoms with E-state index in [-0.39, 0.29) is 18.0 Å². The number of benzene rings is 1. The van der Waals surface area contributed by atoms with E-state index in [4.69, 9.17) is 4.74 Å². The van der Waals surface area contributed by atoms with Crippen LogP contribution < -0.4 is 10.1 Å². The summed E-state index contributed by atoms with van der Waals surface area (Å²) in [5.74, 6) is 0.353. The predicted octanol–water partition coefficient (Wildman–Crippen LogP) is 3.46. The fraction of sp³-hybridized carbons (Fsp3) is 0.357. The van der Waals surface area contributed by atoms with E-state index in [1.54, 1.807) is 23.6 Å². The maximum atomic E-state index is 13.4. The topological polar surface area (TPSA) is 34.2 Å². The Kier molecular flexibility index (Phi) is 3.48. The monoisotopic (exact) mass is 278 g/mol. The Morgan fingerprint density at radius 1 is 1.53 bits per heavy atom. The summed E-state index contributed by atoms with van der Waals surface area (Å²) in [6.45, 7) is 2.93. The second kappa shape index (κ2) is 5.27. The first kappa shape index (κ1) is 12.6. The fourth-order valence-electron chi connectivity index (χ4n) is 2.42. The van der Waals surface area contributed by atoms with Crippen LogP contribution in [0.3, 0.4) is 0 Å². The van der Waals surface area contributed by atoms with Crippen LogP contribution in [0.25, 0.3) is 0 Å². The molecule has 0 bridgehead atoms. The highest BCUT2D eigenvalue weighted by molar-refractivity contribution is 7.09. The number of fused-ring (bicyclic) bond motifs is 1. The van der Waals surface area contributed by atoms with E-state index in [1.807, 2.05) is 5.38 Å². The van der Waals surface area contributed by atoms with Gasteiger partial charge < -0.3 is 10.1 Å². The van der Waals surface area contributed by atoms with Gasteiger partial charge in [0.2, 0.25) is 0 Å². The van der Waals surface area contributed by atoms with Gasteiger partial charge in [-0.05, 0) is 12.6 Å². The molecule has 0 spiro atoms. The normalized spacial score (nSPS) is 21.8. The third-order valence-electron chi connectivity index (χ3n) is 3.25. The molecular weight excluding hydrogens is 263 g/mol. The quantitative estimate of drug-likeness (QED) is 0.933. The average molecular weight is 278 g/mol. The van der Waals surface area contributed by atoms with Gasteiger partial charge in [0, 0.05) is 35.7 Å². The Hall–Kier alpha value is -1.46. The molecule has 5 heteroatoms. The largest absolute Gasteiger partial charge is 0.483 e. The van der Waals surface area contributed by atoms with E-state index in [0.717, 1.165) is 23.5 Å². The zero-order valence-electron chi connectivity index (χ0n) is 10.6. The molecule has 0 radical (unpaired) electrons. The van der Waals surface area contributed by atoms with E-state index in [2.05, 4.69) is 17.2 Å². The van der Waals surface area contributed by atoms with Gasteiger partial charge in [-0.2, -0.15) is 0 Å². The molecule has 0 amide bonds. The predicted molar refractivity (Wildman–Crippen MR) is 72.9 cm³/mol. The van der Waals surface area contributed by atoms with Gasteiger partial charge in [-0.1, -0.05) is 13.0 Å². The van der Waals surface area contributed by atoms with Crippen molar-refractivity contribution in [3.05, 3.63) is 46.2 Å². The highest BCUT2D eigenvalue weighted by Crippen LogP contribution is 2.41. The Balaban J connectivity index is 1.95. The standard InChI is InChI=1S/C14H15FN2OS/c1-2-16-11-8-13(14-17-5-6-19-14)18-12-7-9(15)3-4-10(11)12/h3-7,11,13,16H,2,8H2,1H3. The maximum absolute atomic E-state index is 13.4. The highest BCUT2D eigenvalue weighted by Gasteiger charge is 2.30. The molecule has 1 aromatic carbocycles. The summed E-state index contributed by atoms with van der Waals surface area (Å²) in [7, 11) is 0. The molecule has 0 fully saturated rings. The van der Waals surface area contributed by atoms with Crippen molar-refractivity contribution >= 4 is 11.3 Å². The number of hydrogen-bond acceptors (Lipinski definition) is 4. The Bertz CT molecular complexity index is 559. The van der Waals surface area contributed by atoms with Gasteiger partial charge in [-0.15, -0.1) is 11.3 Å². The van der Waals surface area contributed by atoms with Crippen LogP contribution in [-0.4, -0.2) is 11.5 Å². The highest BCUT2D eigenvalue weighted by atomic mass is 32.1. The lowest BCUT2D eigenvalue weighted by Gasteiger charge is -2.31. The van der Waals surface area contributed by atoms with Crippen molar-refractivity contribution in [2.75, 3.05) is 6.54 Å². The minimum absolute atomic E-state index is 0.0988. The zero-order chi connectivity index (χ0) is 13.2. The van der Waals surface area contributed by atoms with Crippen LogP contribution in [0.1, 0.15) is 36.1 Å². The van der Waals surface area contributed by atoms with Crippen LogP contribution in [0.5, 0.6) is 5.75 Å². The molecule has 2 heterocycles. The molecule has 2 atom stereocenters. The van der Waals surface area contributed by atoms with Crippen LogP contribution >= 0.6 is 11.3 Å². The lowest BCUT2D eigenvalue weighted by molar-refractivity contribution is 0.151. The Morgan fingerprint density at radius 3 is 3.16 bits per heavy atom. The number of halogens is 1. The molecule has 19 heavy (non-hydrogen) atoms. The van der Waals surface area contributed by atoms with Crippen LogP contribution in [0.4, 0.5) is 4.39 Å². The second-order valence-electron chi connectivity index (χ2n) is 4.50. The van der Waals surface area contributed by atoms with Gasteiger partial charge in [0.05, 0.1) is 0 Å². The SMILES string of the molecule is CCNC1CC(c2nccs2)Oc2cc(F)ccc21. The van der Waals surface area contributed by atoms with Gasteiger partial charge in [0.15, 0.2) is 6.10 Å². The summed E-state index contributed by atoms with van der Waals surface area (Å²) >= 11 is 1.57. The summed E-state index contributed by atoms with van der Waals surface area (Å²) in [5.41, 5.74) is 1.02. The molecule has 0 saturated heterocycles. The third kappa shape index (κ3) is 2.48. The maximum Gasteiger partial charge on any atom is 0.152 e. The van der Waals surface area contributed by atoms with Crippen molar-refractivity contribution < 1.29 is 9.13 Å². The van der Waals surface area contributed by atoms with Crippen LogP contribution in [0.15, 0.2) is 29.8 Å². The van der Waals surface area contributed by atoms with Crippen molar-refractivity contribution in [2.45, 2.75) is 25.5 Å². The lowest BCUT2D eigenvalue weighted by Crippen LogP contribution is -2.29. The molecule has 1 aliphatic rings. The molecule has 1 N–H and O–H groups in total. The number of ether oxygens (including phenoxy) is 1. The van der Waals surface area contributed by atoms with Gasteiger partial charge >= 0.3 is 0 Å². The summed E-state index contributed by atoms with van der Waals surface area (Å²) in [5, 5.41) is 6.30. The second-order valence-corrected chi connectivity index (χ2v) is 5.43. The number of nitrogens with zero attached hydrogens (tertiary/aromatic N) is 1. The number of nitrogens with one attached hydrogen (secondary N) is 1. The number of hydrogen-bond donors (Lipinski definition) is 1. The minimum atomic E-state index is -0.270.